The van der Waals surface area contributed by atoms with Crippen LogP contribution in [0.3, 0.4) is 0 Å². The lowest BCUT2D eigenvalue weighted by Gasteiger charge is -2.08. The van der Waals surface area contributed by atoms with Crippen molar-refractivity contribution in [3.05, 3.63) is 53.3 Å². The van der Waals surface area contributed by atoms with Crippen LogP contribution in [0, 0.1) is 0 Å². The Hall–Kier alpha value is -3.15. The van der Waals surface area contributed by atoms with Crippen LogP contribution in [-0.2, 0) is 0 Å². The van der Waals surface area contributed by atoms with Gasteiger partial charge in [0.25, 0.3) is 0 Å². The zero-order valence-corrected chi connectivity index (χ0v) is 10.7. The Labute approximate surface area is 119 Å². The number of aliphatic hydroxyl groups is 1. The smallest absolute Gasteiger partial charge is 0.231 e. The molecule has 0 saturated carbocycles. The van der Waals surface area contributed by atoms with E-state index in [2.05, 4.69) is 0 Å². The van der Waals surface area contributed by atoms with Gasteiger partial charge in [0.15, 0.2) is 17.3 Å². The summed E-state index contributed by atoms with van der Waals surface area (Å²) in [5, 5.41) is 47.3. The summed E-state index contributed by atoms with van der Waals surface area (Å²) in [6.45, 7) is 0. The lowest BCUT2D eigenvalue weighted by molar-refractivity contribution is 0.0976. The molecule has 0 spiro atoms. The van der Waals surface area contributed by atoms with Crippen molar-refractivity contribution in [1.82, 2.24) is 0 Å². The second kappa shape index (κ2) is 5.46. The molecule has 0 saturated heterocycles. The fourth-order valence-corrected chi connectivity index (χ4v) is 1.72. The number of hydrogen-bond donors (Lipinski definition) is 5. The third kappa shape index (κ3) is 2.74. The van der Waals surface area contributed by atoms with E-state index in [0.29, 0.717) is 5.56 Å². The van der Waals surface area contributed by atoms with Crippen molar-refractivity contribution in [1.29, 1.82) is 0 Å². The molecule has 5 N–H and O–H groups in total. The van der Waals surface area contributed by atoms with Crippen LogP contribution in [0.4, 0.5) is 0 Å². The Morgan fingerprint density at radius 1 is 0.905 bits per heavy atom. The molecule has 2 rings (SSSR count). The number of phenols is 4. The number of phenolic OH excluding ortho intramolecular Hbond substituents is 4. The number of rotatable bonds is 3. The molecule has 0 aliphatic rings. The van der Waals surface area contributed by atoms with Gasteiger partial charge in [-0.15, -0.1) is 0 Å². The second-order valence-corrected chi connectivity index (χ2v) is 4.26. The molecule has 0 fully saturated rings. The maximum absolute atomic E-state index is 12.0. The number of Topliss-reactive ketones (excluding diaryl/α,β-unsaturated/α-hetero) is 1. The van der Waals surface area contributed by atoms with E-state index in [1.807, 2.05) is 0 Å². The summed E-state index contributed by atoms with van der Waals surface area (Å²) in [4.78, 5) is 12.0. The van der Waals surface area contributed by atoms with Gasteiger partial charge in [0, 0.05) is 0 Å². The third-order valence-corrected chi connectivity index (χ3v) is 2.81. The molecular formula is C15H12O6. The van der Waals surface area contributed by atoms with Gasteiger partial charge in [-0.2, -0.15) is 0 Å². The summed E-state index contributed by atoms with van der Waals surface area (Å²) in [6, 6.07) is 9.22. The molecule has 108 valence electrons. The quantitative estimate of drug-likeness (QED) is 0.194. The van der Waals surface area contributed by atoms with Crippen molar-refractivity contribution in [2.75, 3.05) is 0 Å². The van der Waals surface area contributed by atoms with Gasteiger partial charge in [0.2, 0.25) is 17.3 Å². The molecule has 0 aliphatic carbocycles. The van der Waals surface area contributed by atoms with Crippen molar-refractivity contribution < 1.29 is 30.3 Å². The van der Waals surface area contributed by atoms with Crippen LogP contribution in [0.1, 0.15) is 15.9 Å². The Balaban J connectivity index is 2.44. The van der Waals surface area contributed by atoms with Crippen molar-refractivity contribution in [3.63, 3.8) is 0 Å². The molecule has 6 nitrogen and oxygen atoms in total. The summed E-state index contributed by atoms with van der Waals surface area (Å²) in [7, 11) is 0. The van der Waals surface area contributed by atoms with Crippen molar-refractivity contribution in [3.8, 4) is 23.0 Å². The summed E-state index contributed by atoms with van der Waals surface area (Å²) in [5.74, 6) is -5.41. The van der Waals surface area contributed by atoms with Crippen molar-refractivity contribution in [2.24, 2.45) is 0 Å². The maximum Gasteiger partial charge on any atom is 0.231 e. The van der Waals surface area contributed by atoms with E-state index in [1.165, 1.54) is 6.08 Å². The highest BCUT2D eigenvalue weighted by Gasteiger charge is 2.23. The Kier molecular flexibility index (Phi) is 3.71. The van der Waals surface area contributed by atoms with Crippen LogP contribution < -0.4 is 0 Å². The fraction of sp³-hybridized carbons (Fsp3) is 0. The van der Waals surface area contributed by atoms with Gasteiger partial charge in [-0.3, -0.25) is 4.79 Å². The van der Waals surface area contributed by atoms with E-state index < -0.39 is 40.1 Å². The average molecular weight is 288 g/mol. The van der Waals surface area contributed by atoms with Gasteiger partial charge in [-0.25, -0.2) is 0 Å². The van der Waals surface area contributed by atoms with Crippen LogP contribution in [0.5, 0.6) is 23.0 Å². The first-order valence-corrected chi connectivity index (χ1v) is 5.89. The molecule has 0 bridgehead atoms. The Bertz CT molecular complexity index is 719. The number of ketones is 1. The molecule has 0 amide bonds. The number of aromatic hydroxyl groups is 4. The number of allylic oxidation sites excluding steroid dienone is 1. The van der Waals surface area contributed by atoms with Crippen LogP contribution in [0.25, 0.3) is 6.08 Å². The lowest BCUT2D eigenvalue weighted by Crippen LogP contribution is -2.03. The van der Waals surface area contributed by atoms with Crippen LogP contribution in [0.15, 0.2) is 42.2 Å². The van der Waals surface area contributed by atoms with E-state index in [1.54, 1.807) is 30.3 Å². The van der Waals surface area contributed by atoms with E-state index in [4.69, 9.17) is 0 Å². The molecule has 2 aromatic rings. The zero-order chi connectivity index (χ0) is 15.6. The zero-order valence-electron chi connectivity index (χ0n) is 10.7. The lowest BCUT2D eigenvalue weighted by atomic mass is 10.0. The van der Waals surface area contributed by atoms with Crippen molar-refractivity contribution in [2.45, 2.75) is 0 Å². The Morgan fingerprint density at radius 3 is 2.14 bits per heavy atom. The normalized spacial score (nSPS) is 11.3. The highest BCUT2D eigenvalue weighted by Crippen LogP contribution is 2.44. The number of benzene rings is 2. The van der Waals surface area contributed by atoms with Gasteiger partial charge in [-0.1, -0.05) is 30.3 Å². The number of hydrogen-bond acceptors (Lipinski definition) is 6. The minimum atomic E-state index is -1.04. The topological polar surface area (TPSA) is 118 Å². The van der Waals surface area contributed by atoms with E-state index >= 15 is 0 Å². The monoisotopic (exact) mass is 288 g/mol. The largest absolute Gasteiger partial charge is 0.504 e. The first-order chi connectivity index (χ1) is 9.91. The van der Waals surface area contributed by atoms with Crippen molar-refractivity contribution >= 4 is 11.9 Å². The maximum atomic E-state index is 12.0. The summed E-state index contributed by atoms with van der Waals surface area (Å²) in [5.41, 5.74) is 0.0162. The van der Waals surface area contributed by atoms with E-state index in [-0.39, 0.29) is 0 Å². The summed E-state index contributed by atoms with van der Waals surface area (Å²) in [6.07, 6.45) is 1.17. The average Bonchev–Trinajstić information content (AvgIpc) is 2.49. The molecule has 0 aromatic heterocycles. The minimum Gasteiger partial charge on any atom is -0.504 e. The second-order valence-electron chi connectivity index (χ2n) is 4.26. The molecule has 6 heteroatoms. The van der Waals surface area contributed by atoms with Crippen LogP contribution in [0.2, 0.25) is 0 Å². The van der Waals surface area contributed by atoms with Crippen LogP contribution in [-0.4, -0.2) is 31.3 Å². The van der Waals surface area contributed by atoms with Gasteiger partial charge in [0.1, 0.15) is 0 Å². The first kappa shape index (κ1) is 14.3. The molecule has 21 heavy (non-hydrogen) atoms. The predicted octanol–water partition coefficient (Wildman–Crippen LogP) is 2.29. The standard InChI is InChI=1S/C15H12O6/c16-10(6-8-4-2-1-3-5-8)12(18)9-7-11(17)14(20)15(21)13(9)19/h1-7,16-17,19-21H. The molecule has 0 unspecified atom stereocenters. The number of carbonyl (C=O) groups is 1. The summed E-state index contributed by atoms with van der Waals surface area (Å²) >= 11 is 0. The predicted molar refractivity (Wildman–Crippen MR) is 74.5 cm³/mol. The third-order valence-electron chi connectivity index (χ3n) is 2.81. The van der Waals surface area contributed by atoms with Gasteiger partial charge in [0.05, 0.1) is 5.56 Å². The highest BCUT2D eigenvalue weighted by molar-refractivity contribution is 6.12. The van der Waals surface area contributed by atoms with Gasteiger partial charge >= 0.3 is 0 Å². The van der Waals surface area contributed by atoms with E-state index in [9.17, 15) is 30.3 Å². The molecule has 2 aromatic carbocycles. The van der Waals surface area contributed by atoms with Gasteiger partial charge < -0.3 is 25.5 Å². The molecule has 0 atom stereocenters. The SMILES string of the molecule is O=C(C(O)=Cc1ccccc1)c1cc(O)c(O)c(O)c1O. The Morgan fingerprint density at radius 2 is 1.52 bits per heavy atom. The highest BCUT2D eigenvalue weighted by atomic mass is 16.3. The minimum absolute atomic E-state index is 0.535. The first-order valence-electron chi connectivity index (χ1n) is 5.89. The number of aliphatic hydroxyl groups excluding tert-OH is 1. The van der Waals surface area contributed by atoms with E-state index in [0.717, 1.165) is 6.07 Å². The molecule has 0 aliphatic heterocycles. The fourth-order valence-electron chi connectivity index (χ4n) is 1.72. The number of carbonyl (C=O) groups excluding carboxylic acids is 1. The summed E-state index contributed by atoms with van der Waals surface area (Å²) < 4.78 is 0. The molecule has 0 radical (unpaired) electrons. The molecular weight excluding hydrogens is 276 g/mol. The van der Waals surface area contributed by atoms with Crippen LogP contribution >= 0.6 is 0 Å². The van der Waals surface area contributed by atoms with Gasteiger partial charge in [-0.05, 0) is 17.7 Å². The molecule has 0 heterocycles.